The SMILES string of the molecule is COCC(O)CNCc1cnn2ccccc12. The summed E-state index contributed by atoms with van der Waals surface area (Å²) in [6.45, 7) is 1.55. The van der Waals surface area contributed by atoms with E-state index >= 15 is 0 Å². The summed E-state index contributed by atoms with van der Waals surface area (Å²) in [7, 11) is 1.58. The molecule has 2 rings (SSSR count). The minimum Gasteiger partial charge on any atom is -0.389 e. The molecule has 17 heavy (non-hydrogen) atoms. The lowest BCUT2D eigenvalue weighted by molar-refractivity contribution is 0.0644. The van der Waals surface area contributed by atoms with Crippen molar-refractivity contribution in [2.24, 2.45) is 0 Å². The van der Waals surface area contributed by atoms with E-state index in [1.165, 1.54) is 0 Å². The first kappa shape index (κ1) is 12.0. The van der Waals surface area contributed by atoms with Crippen LogP contribution in [0.4, 0.5) is 0 Å². The molecule has 0 aliphatic rings. The van der Waals surface area contributed by atoms with E-state index in [1.807, 2.05) is 35.1 Å². The molecule has 1 unspecified atom stereocenters. The van der Waals surface area contributed by atoms with Gasteiger partial charge in [0, 0.05) is 32.0 Å². The van der Waals surface area contributed by atoms with Crippen molar-refractivity contribution in [3.63, 3.8) is 0 Å². The van der Waals surface area contributed by atoms with Gasteiger partial charge >= 0.3 is 0 Å². The topological polar surface area (TPSA) is 58.8 Å². The van der Waals surface area contributed by atoms with Gasteiger partial charge in [0.05, 0.1) is 24.4 Å². The highest BCUT2D eigenvalue weighted by molar-refractivity contribution is 5.53. The van der Waals surface area contributed by atoms with Crippen LogP contribution in [0.2, 0.25) is 0 Å². The van der Waals surface area contributed by atoms with Crippen molar-refractivity contribution >= 4 is 5.52 Å². The van der Waals surface area contributed by atoms with E-state index in [0.717, 1.165) is 11.1 Å². The second-order valence-corrected chi connectivity index (χ2v) is 3.94. The molecular formula is C12H17N3O2. The maximum Gasteiger partial charge on any atom is 0.0897 e. The molecule has 0 bridgehead atoms. The zero-order chi connectivity index (χ0) is 12.1. The average molecular weight is 235 g/mol. The zero-order valence-corrected chi connectivity index (χ0v) is 9.84. The lowest BCUT2D eigenvalue weighted by Gasteiger charge is -2.09. The fraction of sp³-hybridized carbons (Fsp3) is 0.417. The summed E-state index contributed by atoms with van der Waals surface area (Å²) in [4.78, 5) is 0. The molecule has 0 saturated carbocycles. The highest BCUT2D eigenvalue weighted by atomic mass is 16.5. The van der Waals surface area contributed by atoms with Gasteiger partial charge in [-0.2, -0.15) is 5.10 Å². The second kappa shape index (κ2) is 5.77. The molecule has 0 fully saturated rings. The molecule has 5 nitrogen and oxygen atoms in total. The summed E-state index contributed by atoms with van der Waals surface area (Å²) in [5.74, 6) is 0. The summed E-state index contributed by atoms with van der Waals surface area (Å²) >= 11 is 0. The predicted molar refractivity (Wildman–Crippen MR) is 64.8 cm³/mol. The standard InChI is InChI=1S/C12H17N3O2/c1-17-9-11(16)8-13-6-10-7-14-15-5-3-2-4-12(10)15/h2-5,7,11,13,16H,6,8-9H2,1H3. The number of aromatic nitrogens is 2. The highest BCUT2D eigenvalue weighted by Gasteiger charge is 2.05. The highest BCUT2D eigenvalue weighted by Crippen LogP contribution is 2.09. The first-order chi connectivity index (χ1) is 8.31. The third-order valence-electron chi connectivity index (χ3n) is 2.56. The van der Waals surface area contributed by atoms with Gasteiger partial charge in [-0.1, -0.05) is 6.07 Å². The Morgan fingerprint density at radius 3 is 3.24 bits per heavy atom. The number of aliphatic hydroxyl groups excluding tert-OH is 1. The van der Waals surface area contributed by atoms with Gasteiger partial charge in [-0.15, -0.1) is 0 Å². The van der Waals surface area contributed by atoms with Crippen LogP contribution < -0.4 is 5.32 Å². The maximum absolute atomic E-state index is 9.48. The fourth-order valence-electron chi connectivity index (χ4n) is 1.75. The molecule has 0 radical (unpaired) electrons. The van der Waals surface area contributed by atoms with E-state index < -0.39 is 6.10 Å². The molecule has 0 aliphatic heterocycles. The number of fused-ring (bicyclic) bond motifs is 1. The summed E-state index contributed by atoms with van der Waals surface area (Å²) < 4.78 is 6.69. The minimum atomic E-state index is -0.471. The van der Waals surface area contributed by atoms with E-state index in [2.05, 4.69) is 10.4 Å². The molecule has 2 N–H and O–H groups in total. The first-order valence-corrected chi connectivity index (χ1v) is 5.60. The van der Waals surface area contributed by atoms with Gasteiger partial charge < -0.3 is 15.2 Å². The normalized spacial score (nSPS) is 13.1. The van der Waals surface area contributed by atoms with Gasteiger partial charge in [0.25, 0.3) is 0 Å². The number of nitrogens with one attached hydrogen (secondary N) is 1. The summed E-state index contributed by atoms with van der Waals surface area (Å²) in [5, 5.41) is 16.9. The van der Waals surface area contributed by atoms with Gasteiger partial charge in [-0.05, 0) is 12.1 Å². The van der Waals surface area contributed by atoms with Crippen molar-refractivity contribution in [1.29, 1.82) is 0 Å². The van der Waals surface area contributed by atoms with E-state index in [1.54, 1.807) is 7.11 Å². The molecule has 92 valence electrons. The van der Waals surface area contributed by atoms with Gasteiger partial charge in [0.2, 0.25) is 0 Å². The molecular weight excluding hydrogens is 218 g/mol. The van der Waals surface area contributed by atoms with E-state index in [9.17, 15) is 5.11 Å². The van der Waals surface area contributed by atoms with Crippen LogP contribution in [-0.4, -0.2) is 41.1 Å². The van der Waals surface area contributed by atoms with Crippen LogP contribution in [0.3, 0.4) is 0 Å². The van der Waals surface area contributed by atoms with Crippen molar-refractivity contribution in [3.8, 4) is 0 Å². The number of ether oxygens (including phenoxy) is 1. The van der Waals surface area contributed by atoms with E-state index in [-0.39, 0.29) is 0 Å². The Bertz CT molecular complexity index is 469. The molecule has 0 aliphatic carbocycles. The van der Waals surface area contributed by atoms with Crippen molar-refractivity contribution in [3.05, 3.63) is 36.2 Å². The van der Waals surface area contributed by atoms with Crippen LogP contribution in [0, 0.1) is 0 Å². The van der Waals surface area contributed by atoms with Crippen LogP contribution in [0.15, 0.2) is 30.6 Å². The molecule has 2 aromatic rings. The Balaban J connectivity index is 1.91. The number of methoxy groups -OCH3 is 1. The largest absolute Gasteiger partial charge is 0.389 e. The van der Waals surface area contributed by atoms with Crippen LogP contribution >= 0.6 is 0 Å². The van der Waals surface area contributed by atoms with Crippen molar-refractivity contribution in [2.45, 2.75) is 12.6 Å². The number of aliphatic hydroxyl groups is 1. The third-order valence-corrected chi connectivity index (χ3v) is 2.56. The zero-order valence-electron chi connectivity index (χ0n) is 9.84. The number of hydrogen-bond acceptors (Lipinski definition) is 4. The Labute approximate surface area is 100 Å². The molecule has 2 aromatic heterocycles. The number of rotatable bonds is 6. The number of pyridine rings is 1. The van der Waals surface area contributed by atoms with Gasteiger partial charge in [0.15, 0.2) is 0 Å². The Hall–Kier alpha value is -1.43. The quantitative estimate of drug-likeness (QED) is 0.762. The van der Waals surface area contributed by atoms with Crippen LogP contribution in [0.25, 0.3) is 5.52 Å². The van der Waals surface area contributed by atoms with Crippen LogP contribution in [-0.2, 0) is 11.3 Å². The Morgan fingerprint density at radius 1 is 1.53 bits per heavy atom. The fourth-order valence-corrected chi connectivity index (χ4v) is 1.75. The second-order valence-electron chi connectivity index (χ2n) is 3.94. The third kappa shape index (κ3) is 3.03. The number of hydrogen-bond donors (Lipinski definition) is 2. The maximum atomic E-state index is 9.48. The van der Waals surface area contributed by atoms with Crippen molar-refractivity contribution < 1.29 is 9.84 Å². The van der Waals surface area contributed by atoms with Gasteiger partial charge in [0.1, 0.15) is 0 Å². The van der Waals surface area contributed by atoms with Gasteiger partial charge in [-0.3, -0.25) is 0 Å². The Kier molecular flexibility index (Phi) is 4.08. The molecule has 0 spiro atoms. The van der Waals surface area contributed by atoms with Crippen LogP contribution in [0.5, 0.6) is 0 Å². The molecule has 0 saturated heterocycles. The van der Waals surface area contributed by atoms with Gasteiger partial charge in [-0.25, -0.2) is 4.52 Å². The summed E-state index contributed by atoms with van der Waals surface area (Å²) in [6.07, 6.45) is 3.28. The summed E-state index contributed by atoms with van der Waals surface area (Å²) in [5.41, 5.74) is 2.21. The molecule has 5 heteroatoms. The number of nitrogens with zero attached hydrogens (tertiary/aromatic N) is 2. The summed E-state index contributed by atoms with van der Waals surface area (Å²) in [6, 6.07) is 5.95. The van der Waals surface area contributed by atoms with E-state index in [4.69, 9.17) is 4.74 Å². The predicted octanol–water partition coefficient (Wildman–Crippen LogP) is 0.431. The van der Waals surface area contributed by atoms with E-state index in [0.29, 0.717) is 19.7 Å². The lowest BCUT2D eigenvalue weighted by atomic mass is 10.2. The average Bonchev–Trinajstić information content (AvgIpc) is 2.73. The van der Waals surface area contributed by atoms with Crippen molar-refractivity contribution in [1.82, 2.24) is 14.9 Å². The monoisotopic (exact) mass is 235 g/mol. The minimum absolute atomic E-state index is 0.349. The Morgan fingerprint density at radius 2 is 2.41 bits per heavy atom. The molecule has 0 aromatic carbocycles. The van der Waals surface area contributed by atoms with Crippen LogP contribution in [0.1, 0.15) is 5.56 Å². The molecule has 1 atom stereocenters. The van der Waals surface area contributed by atoms with Crippen molar-refractivity contribution in [2.75, 3.05) is 20.3 Å². The molecule has 2 heterocycles. The molecule has 0 amide bonds. The first-order valence-electron chi connectivity index (χ1n) is 5.60. The lowest BCUT2D eigenvalue weighted by Crippen LogP contribution is -2.29. The smallest absolute Gasteiger partial charge is 0.0897 e.